The van der Waals surface area contributed by atoms with E-state index in [1.54, 1.807) is 0 Å². The molecule has 0 saturated carbocycles. The largest absolute Gasteiger partial charge is 0.460 e. The van der Waals surface area contributed by atoms with Gasteiger partial charge in [0.05, 0.1) is 12.7 Å². The Hall–Kier alpha value is -0.680. The second-order valence-electron chi connectivity index (χ2n) is 4.55. The maximum atomic E-state index is 13.1. The van der Waals surface area contributed by atoms with Crippen LogP contribution in [0.25, 0.3) is 0 Å². The van der Waals surface area contributed by atoms with Gasteiger partial charge in [0.2, 0.25) is 0 Å². The van der Waals surface area contributed by atoms with E-state index in [1.165, 1.54) is 0 Å². The fraction of sp³-hybridized carbons (Fsp3) is 1.00. The first-order valence-corrected chi connectivity index (χ1v) is 6.83. The number of hydrogen-bond acceptors (Lipinski definition) is 4. The molecule has 2 atom stereocenters. The van der Waals surface area contributed by atoms with E-state index in [0.29, 0.717) is 0 Å². The molecule has 0 radical (unpaired) electrons. The summed E-state index contributed by atoms with van der Waals surface area (Å²) in [6.45, 7) is -3.04. The first-order valence-electron chi connectivity index (χ1n) is 6.19. The van der Waals surface area contributed by atoms with Crippen molar-refractivity contribution in [3.63, 3.8) is 0 Å². The molecule has 0 aromatic rings. The molecule has 0 aliphatic heterocycles. The monoisotopic (exact) mass is 456 g/mol. The van der Waals surface area contributed by atoms with Crippen LogP contribution in [0.4, 0.5) is 57.1 Å². The van der Waals surface area contributed by atoms with Crippen LogP contribution in [-0.4, -0.2) is 61.9 Å². The first-order chi connectivity index (χ1) is 11.9. The van der Waals surface area contributed by atoms with Gasteiger partial charge in [-0.15, -0.1) is 0 Å². The molecule has 0 fully saturated rings. The second kappa shape index (κ2) is 8.77. The summed E-state index contributed by atoms with van der Waals surface area (Å²) in [4.78, 5) is 0. The summed E-state index contributed by atoms with van der Waals surface area (Å²) in [6.07, 6.45) is -26.4. The molecule has 0 aromatic heterocycles. The molecule has 164 valence electrons. The minimum Gasteiger partial charge on any atom is -0.344 e. The molecule has 0 rings (SSSR count). The van der Waals surface area contributed by atoms with Crippen LogP contribution in [0.1, 0.15) is 0 Å². The minimum absolute atomic E-state index is 0.538. The second-order valence-corrected chi connectivity index (χ2v) is 4.92. The van der Waals surface area contributed by atoms with Crippen molar-refractivity contribution in [2.24, 2.45) is 0 Å². The molecule has 0 aromatic carbocycles. The molecule has 0 spiro atoms. The Balaban J connectivity index is 5.30. The summed E-state index contributed by atoms with van der Waals surface area (Å²) >= 11 is 3.45. The fourth-order valence-electron chi connectivity index (χ4n) is 1.15. The van der Waals surface area contributed by atoms with E-state index in [0.717, 1.165) is 0 Å². The average Bonchev–Trinajstić information content (AvgIpc) is 2.49. The van der Waals surface area contributed by atoms with Gasteiger partial charge >= 0.3 is 30.2 Å². The number of halogens is 13. The van der Waals surface area contributed by atoms with Gasteiger partial charge in [0.15, 0.2) is 6.86 Å². The molecular formula is C10H9F13O3S. The molecule has 0 bridgehead atoms. The molecule has 17 heteroatoms. The zero-order valence-corrected chi connectivity index (χ0v) is 13.3. The van der Waals surface area contributed by atoms with Crippen LogP contribution in [0.2, 0.25) is 0 Å². The third kappa shape index (κ3) is 5.90. The summed E-state index contributed by atoms with van der Waals surface area (Å²) in [5, 5.41) is 0. The Kier molecular flexibility index (Phi) is 8.55. The number of hydrogen-bond donors (Lipinski definition) is 1. The highest BCUT2D eigenvalue weighted by Gasteiger charge is 2.83. The van der Waals surface area contributed by atoms with E-state index >= 15 is 0 Å². The van der Waals surface area contributed by atoms with Crippen LogP contribution in [0.3, 0.4) is 0 Å². The van der Waals surface area contributed by atoms with Crippen LogP contribution >= 0.6 is 12.6 Å². The zero-order chi connectivity index (χ0) is 21.9. The quantitative estimate of drug-likeness (QED) is 0.365. The van der Waals surface area contributed by atoms with Gasteiger partial charge in [-0.1, -0.05) is 0 Å². The van der Waals surface area contributed by atoms with Gasteiger partial charge in [0.1, 0.15) is 0 Å². The van der Waals surface area contributed by atoms with E-state index in [9.17, 15) is 57.1 Å². The molecule has 0 aliphatic carbocycles. The van der Waals surface area contributed by atoms with Gasteiger partial charge in [-0.05, 0) is 0 Å². The highest BCUT2D eigenvalue weighted by Crippen LogP contribution is 2.54. The summed E-state index contributed by atoms with van der Waals surface area (Å²) in [7, 11) is 0. The van der Waals surface area contributed by atoms with Crippen LogP contribution in [0.15, 0.2) is 0 Å². The molecule has 0 heterocycles. The summed E-state index contributed by atoms with van der Waals surface area (Å²) < 4.78 is 173. The Bertz CT molecular complexity index is 470. The lowest BCUT2D eigenvalue weighted by atomic mass is 10.1. The highest BCUT2D eigenvalue weighted by atomic mass is 32.1. The topological polar surface area (TPSA) is 27.7 Å². The van der Waals surface area contributed by atoms with E-state index in [-0.39, 0.29) is 0 Å². The fourth-order valence-corrected chi connectivity index (χ4v) is 1.36. The van der Waals surface area contributed by atoms with Crippen molar-refractivity contribution in [3.05, 3.63) is 0 Å². The lowest BCUT2D eigenvalue weighted by molar-refractivity contribution is -0.475. The van der Waals surface area contributed by atoms with Gasteiger partial charge in [-0.2, -0.15) is 60.9 Å². The maximum absolute atomic E-state index is 13.1. The maximum Gasteiger partial charge on any atom is 0.460 e. The van der Waals surface area contributed by atoms with Crippen molar-refractivity contribution < 1.29 is 71.3 Å². The molecule has 3 nitrogen and oxygen atoms in total. The zero-order valence-electron chi connectivity index (χ0n) is 12.4. The van der Waals surface area contributed by atoms with Gasteiger partial charge < -0.3 is 9.47 Å². The molecule has 0 amide bonds. The van der Waals surface area contributed by atoms with Crippen LogP contribution < -0.4 is 0 Å². The highest BCUT2D eigenvalue weighted by molar-refractivity contribution is 7.80. The molecule has 0 aliphatic rings. The first kappa shape index (κ1) is 26.3. The SMILES string of the molecule is FCOC(CS)COC(F)(F)C(F)OC(F)(F)C(F)(F)C(F)(F)C(F)(F)F. The summed E-state index contributed by atoms with van der Waals surface area (Å²) in [5.41, 5.74) is 0. The average molecular weight is 456 g/mol. The van der Waals surface area contributed by atoms with Crippen molar-refractivity contribution in [2.75, 3.05) is 19.2 Å². The van der Waals surface area contributed by atoms with Crippen molar-refractivity contribution in [1.29, 1.82) is 0 Å². The Morgan fingerprint density at radius 1 is 0.815 bits per heavy atom. The predicted octanol–water partition coefficient (Wildman–Crippen LogP) is 4.58. The van der Waals surface area contributed by atoms with Crippen molar-refractivity contribution >= 4 is 12.6 Å². The van der Waals surface area contributed by atoms with Crippen LogP contribution in [-0.2, 0) is 14.2 Å². The smallest absolute Gasteiger partial charge is 0.344 e. The van der Waals surface area contributed by atoms with E-state index in [1.807, 2.05) is 0 Å². The summed E-state index contributed by atoms with van der Waals surface area (Å²) in [6, 6.07) is 0. The Morgan fingerprint density at radius 2 is 1.30 bits per heavy atom. The van der Waals surface area contributed by atoms with Crippen LogP contribution in [0.5, 0.6) is 0 Å². The van der Waals surface area contributed by atoms with Crippen LogP contribution in [0, 0.1) is 0 Å². The molecular weight excluding hydrogens is 447 g/mol. The molecule has 2 unspecified atom stereocenters. The third-order valence-electron chi connectivity index (χ3n) is 2.60. The predicted molar refractivity (Wildman–Crippen MR) is 62.5 cm³/mol. The lowest BCUT2D eigenvalue weighted by Gasteiger charge is -2.34. The number of ether oxygens (including phenoxy) is 3. The third-order valence-corrected chi connectivity index (χ3v) is 3.00. The minimum atomic E-state index is -7.47. The number of thiol groups is 1. The van der Waals surface area contributed by atoms with Gasteiger partial charge in [0.25, 0.3) is 6.36 Å². The lowest BCUT2D eigenvalue weighted by Crippen LogP contribution is -2.62. The molecule has 27 heavy (non-hydrogen) atoms. The van der Waals surface area contributed by atoms with Crippen molar-refractivity contribution in [3.8, 4) is 0 Å². The summed E-state index contributed by atoms with van der Waals surface area (Å²) in [5.74, 6) is -15.5. The standard InChI is InChI=1S/C10H9F13O3S/c11-3-24-4(2-27)1-25-6(13,14)5(12)26-10(22,23)8(17,18)7(15,16)9(19,20)21/h4-5,27H,1-3H2. The normalized spacial score (nSPS) is 17.1. The van der Waals surface area contributed by atoms with Gasteiger partial charge in [-0.25, -0.2) is 8.78 Å². The van der Waals surface area contributed by atoms with Gasteiger partial charge in [-0.3, -0.25) is 4.74 Å². The molecule has 0 saturated heterocycles. The molecule has 0 N–H and O–H groups in total. The van der Waals surface area contributed by atoms with E-state index in [4.69, 9.17) is 0 Å². The van der Waals surface area contributed by atoms with Crippen molar-refractivity contribution in [2.45, 2.75) is 42.7 Å². The number of rotatable bonds is 11. The van der Waals surface area contributed by atoms with Crippen molar-refractivity contribution in [1.82, 2.24) is 0 Å². The Labute approximate surface area is 147 Å². The van der Waals surface area contributed by atoms with E-state index < -0.39 is 61.9 Å². The van der Waals surface area contributed by atoms with E-state index in [2.05, 4.69) is 26.8 Å². The number of alkyl halides is 13. The van der Waals surface area contributed by atoms with Gasteiger partial charge in [0, 0.05) is 5.75 Å². The Morgan fingerprint density at radius 3 is 1.67 bits per heavy atom.